The molecule has 0 bridgehead atoms. The molecule has 0 spiro atoms. The van der Waals surface area contributed by atoms with Crippen molar-refractivity contribution in [2.24, 2.45) is 0 Å². The minimum atomic E-state index is -4.38. The Balaban J connectivity index is 3.53. The molecule has 0 saturated heterocycles. The summed E-state index contributed by atoms with van der Waals surface area (Å²) in [5, 5.41) is 0.842. The van der Waals surface area contributed by atoms with Crippen LogP contribution in [0.3, 0.4) is 0 Å². The fourth-order valence-electron chi connectivity index (χ4n) is 0.674. The Morgan fingerprint density at radius 1 is 1.23 bits per heavy atom. The maximum absolute atomic E-state index is 11.7. The minimum absolute atomic E-state index is 0.0830. The highest BCUT2D eigenvalue weighted by atomic mass is 79.9. The third-order valence-electron chi connectivity index (χ3n) is 1.35. The Kier molecular flexibility index (Phi) is 6.79. The lowest BCUT2D eigenvalue weighted by Crippen LogP contribution is -2.30. The Labute approximate surface area is 85.1 Å². The molecule has 13 heavy (non-hydrogen) atoms. The molecular formula is C6H12BrF2NO2S. The topological polar surface area (TPSA) is 46.2 Å². The van der Waals surface area contributed by atoms with Gasteiger partial charge >= 0.3 is 5.76 Å². The first kappa shape index (κ1) is 13.2. The van der Waals surface area contributed by atoms with Crippen LogP contribution in [0.25, 0.3) is 0 Å². The van der Waals surface area contributed by atoms with Gasteiger partial charge in [0.1, 0.15) is 0 Å². The number of alkyl halides is 3. The lowest BCUT2D eigenvalue weighted by atomic mass is 10.3. The molecule has 0 heterocycles. The predicted molar refractivity (Wildman–Crippen MR) is 50.6 cm³/mol. The Morgan fingerprint density at radius 3 is 2.31 bits per heavy atom. The van der Waals surface area contributed by atoms with Crippen LogP contribution in [0.15, 0.2) is 0 Å². The van der Waals surface area contributed by atoms with Crippen molar-refractivity contribution in [3.63, 3.8) is 0 Å². The highest BCUT2D eigenvalue weighted by Gasteiger charge is 2.22. The van der Waals surface area contributed by atoms with Gasteiger partial charge in [-0.2, -0.15) is 8.78 Å². The van der Waals surface area contributed by atoms with E-state index < -0.39 is 15.8 Å². The van der Waals surface area contributed by atoms with Gasteiger partial charge in [-0.25, -0.2) is 13.1 Å². The summed E-state index contributed by atoms with van der Waals surface area (Å²) in [7, 11) is -4.38. The van der Waals surface area contributed by atoms with Crippen molar-refractivity contribution < 1.29 is 17.2 Å². The van der Waals surface area contributed by atoms with Gasteiger partial charge in [0.25, 0.3) is 10.0 Å². The largest absolute Gasteiger partial charge is 0.350 e. The number of hydrogen-bond donors (Lipinski definition) is 1. The fourth-order valence-corrected chi connectivity index (χ4v) is 1.63. The van der Waals surface area contributed by atoms with E-state index in [4.69, 9.17) is 0 Å². The molecule has 0 aromatic rings. The highest BCUT2D eigenvalue weighted by molar-refractivity contribution is 9.09. The molecule has 0 unspecified atom stereocenters. The number of unbranched alkanes of at least 4 members (excludes halogenated alkanes) is 2. The molecule has 3 nitrogen and oxygen atoms in total. The van der Waals surface area contributed by atoms with Crippen molar-refractivity contribution in [1.29, 1.82) is 0 Å². The molecule has 0 radical (unpaired) electrons. The fraction of sp³-hybridized carbons (Fsp3) is 1.00. The monoisotopic (exact) mass is 279 g/mol. The predicted octanol–water partition coefficient (Wildman–Crippen LogP) is 1.69. The molecule has 0 aliphatic carbocycles. The first-order valence-corrected chi connectivity index (χ1v) is 6.50. The van der Waals surface area contributed by atoms with Crippen molar-refractivity contribution >= 4 is 26.0 Å². The second-order valence-electron chi connectivity index (χ2n) is 2.45. The van der Waals surface area contributed by atoms with Crippen molar-refractivity contribution in [3.8, 4) is 0 Å². The van der Waals surface area contributed by atoms with Gasteiger partial charge in [-0.3, -0.25) is 0 Å². The van der Waals surface area contributed by atoms with Crippen molar-refractivity contribution in [2.45, 2.75) is 25.0 Å². The van der Waals surface area contributed by atoms with Gasteiger partial charge in [0, 0.05) is 11.9 Å². The van der Waals surface area contributed by atoms with E-state index in [1.54, 1.807) is 0 Å². The van der Waals surface area contributed by atoms with Gasteiger partial charge < -0.3 is 0 Å². The van der Waals surface area contributed by atoms with Crippen LogP contribution in [0.1, 0.15) is 19.3 Å². The molecule has 0 aromatic heterocycles. The Bertz CT molecular complexity index is 221. The van der Waals surface area contributed by atoms with E-state index in [9.17, 15) is 17.2 Å². The SMILES string of the molecule is O=S(=O)(NCCCCCBr)C(F)F. The summed E-state index contributed by atoms with van der Waals surface area (Å²) in [4.78, 5) is 0. The summed E-state index contributed by atoms with van der Waals surface area (Å²) in [5.41, 5.74) is 0. The average molecular weight is 280 g/mol. The Morgan fingerprint density at radius 2 is 1.85 bits per heavy atom. The Hall–Kier alpha value is 0.250. The van der Waals surface area contributed by atoms with E-state index in [-0.39, 0.29) is 6.54 Å². The molecule has 0 saturated carbocycles. The van der Waals surface area contributed by atoms with Crippen LogP contribution in [0.5, 0.6) is 0 Å². The molecule has 0 rings (SSSR count). The van der Waals surface area contributed by atoms with Crippen LogP contribution >= 0.6 is 15.9 Å². The van der Waals surface area contributed by atoms with Gasteiger partial charge in [-0.1, -0.05) is 22.4 Å². The standard InChI is InChI=1S/C6H12BrF2NO2S/c7-4-2-1-3-5-10-13(11,12)6(8)9/h6,10H,1-5H2. The van der Waals surface area contributed by atoms with E-state index in [0.29, 0.717) is 6.42 Å². The lowest BCUT2D eigenvalue weighted by Gasteiger charge is -2.04. The first-order valence-electron chi connectivity index (χ1n) is 3.83. The van der Waals surface area contributed by atoms with Gasteiger partial charge in [-0.05, 0) is 12.8 Å². The molecular weight excluding hydrogens is 268 g/mol. The van der Waals surface area contributed by atoms with E-state index in [1.807, 2.05) is 4.72 Å². The number of rotatable bonds is 7. The number of nitrogens with one attached hydrogen (secondary N) is 1. The number of hydrogen-bond acceptors (Lipinski definition) is 2. The summed E-state index contributed by atoms with van der Waals surface area (Å²) in [5.74, 6) is -3.33. The van der Waals surface area contributed by atoms with Crippen LogP contribution in [0.4, 0.5) is 8.78 Å². The molecule has 7 heteroatoms. The lowest BCUT2D eigenvalue weighted by molar-refractivity contribution is 0.232. The van der Waals surface area contributed by atoms with E-state index in [0.717, 1.165) is 18.2 Å². The third kappa shape index (κ3) is 6.34. The van der Waals surface area contributed by atoms with E-state index in [1.165, 1.54) is 0 Å². The maximum Gasteiger partial charge on any atom is 0.350 e. The average Bonchev–Trinajstić information content (AvgIpc) is 2.03. The second-order valence-corrected chi connectivity index (χ2v) is 4.98. The van der Waals surface area contributed by atoms with Crippen molar-refractivity contribution in [3.05, 3.63) is 0 Å². The van der Waals surface area contributed by atoms with Crippen molar-refractivity contribution in [1.82, 2.24) is 4.72 Å². The summed E-state index contributed by atoms with van der Waals surface area (Å²) in [6, 6.07) is 0. The number of sulfonamides is 1. The van der Waals surface area contributed by atoms with Crippen LogP contribution in [-0.2, 0) is 10.0 Å². The zero-order valence-corrected chi connectivity index (χ0v) is 9.37. The smallest absolute Gasteiger partial charge is 0.210 e. The highest BCUT2D eigenvalue weighted by Crippen LogP contribution is 2.02. The normalized spacial score (nSPS) is 12.3. The molecule has 0 aliphatic heterocycles. The molecule has 1 N–H and O–H groups in total. The molecule has 0 atom stereocenters. The van der Waals surface area contributed by atoms with Crippen molar-refractivity contribution in [2.75, 3.05) is 11.9 Å². The maximum atomic E-state index is 11.7. The molecule has 80 valence electrons. The van der Waals surface area contributed by atoms with Gasteiger partial charge in [-0.15, -0.1) is 0 Å². The molecule has 0 aliphatic rings. The molecule has 0 fully saturated rings. The number of halogens is 3. The minimum Gasteiger partial charge on any atom is -0.210 e. The summed E-state index contributed by atoms with van der Waals surface area (Å²) in [6.45, 7) is 0.0830. The van der Waals surface area contributed by atoms with Crippen LogP contribution in [0, 0.1) is 0 Å². The quantitative estimate of drug-likeness (QED) is 0.570. The summed E-state index contributed by atoms with van der Waals surface area (Å²) >= 11 is 3.21. The van der Waals surface area contributed by atoms with Gasteiger partial charge in [0.2, 0.25) is 0 Å². The first-order chi connectivity index (χ1) is 6.00. The summed E-state index contributed by atoms with van der Waals surface area (Å²) in [6.07, 6.45) is 2.31. The van der Waals surface area contributed by atoms with Gasteiger partial charge in [0.15, 0.2) is 0 Å². The van der Waals surface area contributed by atoms with Crippen LogP contribution < -0.4 is 4.72 Å². The zero-order valence-electron chi connectivity index (χ0n) is 6.97. The third-order valence-corrected chi connectivity index (χ3v) is 2.98. The van der Waals surface area contributed by atoms with E-state index in [2.05, 4.69) is 15.9 Å². The molecule has 0 aromatic carbocycles. The van der Waals surface area contributed by atoms with Crippen LogP contribution in [0.2, 0.25) is 0 Å². The zero-order chi connectivity index (χ0) is 10.3. The molecule has 0 amide bonds. The summed E-state index contributed by atoms with van der Waals surface area (Å²) < 4.78 is 46.3. The second kappa shape index (κ2) is 6.67. The van der Waals surface area contributed by atoms with Crippen LogP contribution in [-0.4, -0.2) is 26.1 Å². The van der Waals surface area contributed by atoms with Gasteiger partial charge in [0.05, 0.1) is 0 Å². The van der Waals surface area contributed by atoms with E-state index >= 15 is 0 Å².